The second-order valence-corrected chi connectivity index (χ2v) is 4.28. The highest BCUT2D eigenvalue weighted by atomic mass is 16.5. The van der Waals surface area contributed by atoms with Gasteiger partial charge in [0.25, 0.3) is 0 Å². The van der Waals surface area contributed by atoms with Gasteiger partial charge >= 0.3 is 0 Å². The average molecular weight is 245 g/mol. The maximum Gasteiger partial charge on any atom is 0.136 e. The van der Waals surface area contributed by atoms with Crippen molar-refractivity contribution in [3.8, 4) is 0 Å². The molecule has 2 aromatic rings. The monoisotopic (exact) mass is 245 g/mol. The number of methoxy groups -OCH3 is 1. The molecule has 0 amide bonds. The predicted octanol–water partition coefficient (Wildman–Crippen LogP) is 1.78. The Morgan fingerprint density at radius 1 is 1.33 bits per heavy atom. The van der Waals surface area contributed by atoms with Gasteiger partial charge in [0.1, 0.15) is 5.82 Å². The SMILES string of the molecule is COCCN(C)c1nc(CN)cc2ccccc12. The molecular weight excluding hydrogens is 226 g/mol. The van der Waals surface area contributed by atoms with E-state index < -0.39 is 0 Å². The molecule has 0 saturated heterocycles. The molecule has 0 bridgehead atoms. The number of anilines is 1. The molecule has 0 spiro atoms. The minimum atomic E-state index is 0.454. The first-order valence-electron chi connectivity index (χ1n) is 6.05. The van der Waals surface area contributed by atoms with Gasteiger partial charge in [-0.25, -0.2) is 4.98 Å². The van der Waals surface area contributed by atoms with Crippen LogP contribution in [0.15, 0.2) is 30.3 Å². The van der Waals surface area contributed by atoms with Gasteiger partial charge in [0.2, 0.25) is 0 Å². The molecule has 18 heavy (non-hydrogen) atoms. The lowest BCUT2D eigenvalue weighted by Crippen LogP contribution is -2.23. The fourth-order valence-electron chi connectivity index (χ4n) is 1.96. The second-order valence-electron chi connectivity index (χ2n) is 4.28. The van der Waals surface area contributed by atoms with E-state index in [2.05, 4.69) is 22.0 Å². The summed E-state index contributed by atoms with van der Waals surface area (Å²) < 4.78 is 5.11. The van der Waals surface area contributed by atoms with Crippen molar-refractivity contribution in [2.24, 2.45) is 5.73 Å². The van der Waals surface area contributed by atoms with Gasteiger partial charge < -0.3 is 15.4 Å². The first kappa shape index (κ1) is 12.8. The molecule has 0 aliphatic rings. The Morgan fingerprint density at radius 2 is 2.11 bits per heavy atom. The van der Waals surface area contributed by atoms with Gasteiger partial charge in [0, 0.05) is 32.6 Å². The standard InChI is InChI=1S/C14H19N3O/c1-17(7-8-18-2)14-13-6-4-3-5-11(13)9-12(10-15)16-14/h3-6,9H,7-8,10,15H2,1-2H3. The molecule has 1 aromatic heterocycles. The fourth-order valence-corrected chi connectivity index (χ4v) is 1.96. The number of ether oxygens (including phenoxy) is 1. The molecule has 0 aliphatic heterocycles. The Hall–Kier alpha value is -1.65. The van der Waals surface area contributed by atoms with Crippen LogP contribution < -0.4 is 10.6 Å². The van der Waals surface area contributed by atoms with Crippen LogP contribution in [0.2, 0.25) is 0 Å². The molecule has 0 atom stereocenters. The normalized spacial score (nSPS) is 10.8. The van der Waals surface area contributed by atoms with E-state index in [9.17, 15) is 0 Å². The quantitative estimate of drug-likeness (QED) is 0.872. The zero-order valence-electron chi connectivity index (χ0n) is 10.9. The topological polar surface area (TPSA) is 51.4 Å². The third-order valence-electron chi connectivity index (χ3n) is 2.97. The summed E-state index contributed by atoms with van der Waals surface area (Å²) >= 11 is 0. The molecule has 0 aliphatic carbocycles. The van der Waals surface area contributed by atoms with Crippen LogP contribution in [-0.4, -0.2) is 32.3 Å². The van der Waals surface area contributed by atoms with Gasteiger partial charge in [-0.15, -0.1) is 0 Å². The molecular formula is C14H19N3O. The van der Waals surface area contributed by atoms with Crippen LogP contribution in [0, 0.1) is 0 Å². The van der Waals surface area contributed by atoms with Gasteiger partial charge in [-0.05, 0) is 11.5 Å². The average Bonchev–Trinajstić information content (AvgIpc) is 2.43. The van der Waals surface area contributed by atoms with Crippen molar-refractivity contribution in [1.29, 1.82) is 0 Å². The van der Waals surface area contributed by atoms with Crippen molar-refractivity contribution in [3.63, 3.8) is 0 Å². The number of likely N-dealkylation sites (N-methyl/N-ethyl adjacent to an activating group) is 1. The molecule has 2 rings (SSSR count). The van der Waals surface area contributed by atoms with E-state index in [4.69, 9.17) is 10.5 Å². The summed E-state index contributed by atoms with van der Waals surface area (Å²) in [5.41, 5.74) is 6.61. The van der Waals surface area contributed by atoms with Crippen LogP contribution >= 0.6 is 0 Å². The molecule has 0 saturated carbocycles. The number of hydrogen-bond donors (Lipinski definition) is 1. The summed E-state index contributed by atoms with van der Waals surface area (Å²) in [4.78, 5) is 6.72. The Morgan fingerprint density at radius 3 is 2.83 bits per heavy atom. The van der Waals surface area contributed by atoms with Crippen LogP contribution in [0.4, 0.5) is 5.82 Å². The van der Waals surface area contributed by atoms with Gasteiger partial charge in [-0.2, -0.15) is 0 Å². The molecule has 4 nitrogen and oxygen atoms in total. The molecule has 0 radical (unpaired) electrons. The first-order chi connectivity index (χ1) is 8.76. The number of nitrogens with zero attached hydrogens (tertiary/aromatic N) is 2. The van der Waals surface area contributed by atoms with Crippen molar-refractivity contribution in [1.82, 2.24) is 4.98 Å². The van der Waals surface area contributed by atoms with Crippen LogP contribution in [-0.2, 0) is 11.3 Å². The number of nitrogens with two attached hydrogens (primary N) is 1. The first-order valence-corrected chi connectivity index (χ1v) is 6.05. The molecule has 1 heterocycles. The van der Waals surface area contributed by atoms with Crippen LogP contribution in [0.1, 0.15) is 5.69 Å². The Labute approximate surface area is 107 Å². The molecule has 4 heteroatoms. The maximum atomic E-state index is 5.70. The van der Waals surface area contributed by atoms with Crippen LogP contribution in [0.5, 0.6) is 0 Å². The van der Waals surface area contributed by atoms with Crippen LogP contribution in [0.25, 0.3) is 10.8 Å². The molecule has 1 aromatic carbocycles. The van der Waals surface area contributed by atoms with Gasteiger partial charge in [0.05, 0.1) is 12.3 Å². The lowest BCUT2D eigenvalue weighted by molar-refractivity contribution is 0.206. The fraction of sp³-hybridized carbons (Fsp3) is 0.357. The summed E-state index contributed by atoms with van der Waals surface area (Å²) in [6.07, 6.45) is 0. The minimum Gasteiger partial charge on any atom is -0.383 e. The number of rotatable bonds is 5. The third kappa shape index (κ3) is 2.60. The van der Waals surface area contributed by atoms with E-state index in [1.54, 1.807) is 7.11 Å². The number of aromatic nitrogens is 1. The highest BCUT2D eigenvalue weighted by Gasteiger charge is 2.09. The highest BCUT2D eigenvalue weighted by Crippen LogP contribution is 2.24. The number of pyridine rings is 1. The largest absolute Gasteiger partial charge is 0.383 e. The Kier molecular flexibility index (Phi) is 4.12. The van der Waals surface area contributed by atoms with Gasteiger partial charge in [-0.3, -0.25) is 0 Å². The smallest absolute Gasteiger partial charge is 0.136 e. The Bertz CT molecular complexity index is 527. The summed E-state index contributed by atoms with van der Waals surface area (Å²) in [6, 6.07) is 10.3. The van der Waals surface area contributed by atoms with Crippen molar-refractivity contribution >= 4 is 16.6 Å². The summed E-state index contributed by atoms with van der Waals surface area (Å²) in [7, 11) is 3.73. The number of benzene rings is 1. The van der Waals surface area contributed by atoms with Crippen molar-refractivity contribution in [2.75, 3.05) is 32.2 Å². The molecule has 96 valence electrons. The van der Waals surface area contributed by atoms with E-state index in [0.717, 1.165) is 23.4 Å². The summed E-state index contributed by atoms with van der Waals surface area (Å²) in [6.45, 7) is 1.94. The molecule has 2 N–H and O–H groups in total. The summed E-state index contributed by atoms with van der Waals surface area (Å²) in [5.74, 6) is 0.964. The van der Waals surface area contributed by atoms with Crippen molar-refractivity contribution in [2.45, 2.75) is 6.54 Å². The lowest BCUT2D eigenvalue weighted by atomic mass is 10.1. The summed E-state index contributed by atoms with van der Waals surface area (Å²) in [5, 5.41) is 2.32. The second kappa shape index (κ2) is 5.80. The number of hydrogen-bond acceptors (Lipinski definition) is 4. The minimum absolute atomic E-state index is 0.454. The lowest BCUT2D eigenvalue weighted by Gasteiger charge is -2.20. The maximum absolute atomic E-state index is 5.70. The zero-order valence-corrected chi connectivity index (χ0v) is 10.9. The predicted molar refractivity (Wildman–Crippen MR) is 74.8 cm³/mol. The van der Waals surface area contributed by atoms with Crippen molar-refractivity contribution < 1.29 is 4.74 Å². The third-order valence-corrected chi connectivity index (χ3v) is 2.97. The van der Waals surface area contributed by atoms with Gasteiger partial charge in [-0.1, -0.05) is 24.3 Å². The van der Waals surface area contributed by atoms with Crippen LogP contribution in [0.3, 0.4) is 0 Å². The van der Waals surface area contributed by atoms with E-state index in [1.807, 2.05) is 25.2 Å². The highest BCUT2D eigenvalue weighted by molar-refractivity contribution is 5.92. The number of fused-ring (bicyclic) bond motifs is 1. The Balaban J connectivity index is 2.46. The van der Waals surface area contributed by atoms with E-state index in [1.165, 1.54) is 5.39 Å². The van der Waals surface area contributed by atoms with E-state index in [0.29, 0.717) is 13.2 Å². The molecule has 0 fully saturated rings. The van der Waals surface area contributed by atoms with E-state index >= 15 is 0 Å². The van der Waals surface area contributed by atoms with Crippen molar-refractivity contribution in [3.05, 3.63) is 36.0 Å². The zero-order chi connectivity index (χ0) is 13.0. The molecule has 0 unspecified atom stereocenters. The van der Waals surface area contributed by atoms with Gasteiger partial charge in [0.15, 0.2) is 0 Å². The van der Waals surface area contributed by atoms with E-state index in [-0.39, 0.29) is 0 Å².